The van der Waals surface area contributed by atoms with Crippen LogP contribution >= 0.6 is 11.6 Å². The molecule has 0 aliphatic rings. The Kier molecular flexibility index (Phi) is 3.14. The van der Waals surface area contributed by atoms with Gasteiger partial charge in [-0.15, -0.1) is 16.7 Å². The highest BCUT2D eigenvalue weighted by molar-refractivity contribution is 6.27. The minimum atomic E-state index is -0.357. The van der Waals surface area contributed by atoms with E-state index in [0.717, 1.165) is 4.68 Å². The predicted molar refractivity (Wildman–Crippen MR) is 62.0 cm³/mol. The van der Waals surface area contributed by atoms with Gasteiger partial charge < -0.3 is 9.47 Å². The van der Waals surface area contributed by atoms with Crippen LogP contribution in [0.4, 0.5) is 0 Å². The van der Waals surface area contributed by atoms with Crippen LogP contribution in [-0.2, 0) is 0 Å². The Morgan fingerprint density at radius 1 is 1.41 bits per heavy atom. The van der Waals surface area contributed by atoms with Crippen LogP contribution in [0.15, 0.2) is 12.1 Å². The number of aromatic nitrogens is 3. The molecule has 0 N–H and O–H groups in total. The van der Waals surface area contributed by atoms with Crippen molar-refractivity contribution in [1.29, 1.82) is 0 Å². The van der Waals surface area contributed by atoms with Crippen molar-refractivity contribution in [3.63, 3.8) is 0 Å². The van der Waals surface area contributed by atoms with E-state index in [1.54, 1.807) is 12.1 Å². The fraction of sp³-hybridized carbons (Fsp3) is 0.300. The molecule has 2 aromatic rings. The summed E-state index contributed by atoms with van der Waals surface area (Å²) in [7, 11) is 3.04. The second kappa shape index (κ2) is 4.58. The van der Waals surface area contributed by atoms with Crippen molar-refractivity contribution in [3.05, 3.63) is 12.1 Å². The average Bonchev–Trinajstić information content (AvgIpc) is 2.80. The van der Waals surface area contributed by atoms with E-state index >= 15 is 0 Å². The Hall–Kier alpha value is -1.82. The zero-order valence-corrected chi connectivity index (χ0v) is 10.1. The van der Waals surface area contributed by atoms with Gasteiger partial charge in [0.2, 0.25) is 0 Å². The van der Waals surface area contributed by atoms with Crippen molar-refractivity contribution >= 4 is 28.5 Å². The molecule has 17 heavy (non-hydrogen) atoms. The lowest BCUT2D eigenvalue weighted by atomic mass is 10.2. The maximum absolute atomic E-state index is 11.5. The minimum absolute atomic E-state index is 0.169. The van der Waals surface area contributed by atoms with E-state index in [2.05, 4.69) is 10.3 Å². The first kappa shape index (κ1) is 11.7. The first-order chi connectivity index (χ1) is 8.21. The molecule has 0 bridgehead atoms. The summed E-state index contributed by atoms with van der Waals surface area (Å²) in [6.45, 7) is 0. The smallest absolute Gasteiger partial charge is 0.263 e. The highest BCUT2D eigenvalue weighted by atomic mass is 35.5. The summed E-state index contributed by atoms with van der Waals surface area (Å²) in [6.07, 6.45) is 0. The van der Waals surface area contributed by atoms with Gasteiger partial charge in [0.25, 0.3) is 5.91 Å². The van der Waals surface area contributed by atoms with Gasteiger partial charge >= 0.3 is 0 Å². The van der Waals surface area contributed by atoms with Crippen LogP contribution < -0.4 is 9.47 Å². The zero-order valence-electron chi connectivity index (χ0n) is 9.31. The number of methoxy groups -OCH3 is 2. The number of halogens is 1. The number of hydrogen-bond donors (Lipinski definition) is 0. The molecular formula is C10H10ClN3O3. The van der Waals surface area contributed by atoms with Crippen LogP contribution in [0.25, 0.3) is 11.0 Å². The SMILES string of the molecule is COc1cc(OC)c2nnn(C(=O)CCl)c2c1. The quantitative estimate of drug-likeness (QED) is 0.774. The van der Waals surface area contributed by atoms with Crippen molar-refractivity contribution in [1.82, 2.24) is 15.0 Å². The van der Waals surface area contributed by atoms with Crippen LogP contribution in [0.5, 0.6) is 11.5 Å². The molecule has 0 fully saturated rings. The third kappa shape index (κ3) is 1.91. The maximum Gasteiger partial charge on any atom is 0.263 e. The molecule has 1 aromatic carbocycles. The molecule has 0 saturated carbocycles. The van der Waals surface area contributed by atoms with E-state index < -0.39 is 0 Å². The zero-order chi connectivity index (χ0) is 12.4. The fourth-order valence-corrected chi connectivity index (χ4v) is 1.60. The third-order valence-corrected chi connectivity index (χ3v) is 2.53. The number of hydrogen-bond acceptors (Lipinski definition) is 5. The number of fused-ring (bicyclic) bond motifs is 1. The van der Waals surface area contributed by atoms with Crippen molar-refractivity contribution in [3.8, 4) is 11.5 Å². The first-order valence-electron chi connectivity index (χ1n) is 4.78. The van der Waals surface area contributed by atoms with Crippen LogP contribution in [0.2, 0.25) is 0 Å². The molecule has 6 nitrogen and oxygen atoms in total. The van der Waals surface area contributed by atoms with Gasteiger partial charge in [-0.05, 0) is 0 Å². The van der Waals surface area contributed by atoms with Crippen LogP contribution in [0.1, 0.15) is 4.79 Å². The Bertz CT molecular complexity index is 567. The van der Waals surface area contributed by atoms with E-state index in [-0.39, 0.29) is 11.8 Å². The number of nitrogens with zero attached hydrogens (tertiary/aromatic N) is 3. The van der Waals surface area contributed by atoms with E-state index in [1.165, 1.54) is 14.2 Å². The molecule has 0 aliphatic heterocycles. The molecule has 7 heteroatoms. The van der Waals surface area contributed by atoms with E-state index in [0.29, 0.717) is 22.5 Å². The normalized spacial score (nSPS) is 10.5. The second-order valence-corrected chi connectivity index (χ2v) is 3.49. The van der Waals surface area contributed by atoms with Gasteiger partial charge in [-0.1, -0.05) is 5.21 Å². The molecule has 1 heterocycles. The van der Waals surface area contributed by atoms with Crippen molar-refractivity contribution in [2.45, 2.75) is 0 Å². The molecule has 0 aliphatic carbocycles. The van der Waals surface area contributed by atoms with Gasteiger partial charge in [-0.25, -0.2) is 0 Å². The largest absolute Gasteiger partial charge is 0.497 e. The highest BCUT2D eigenvalue weighted by Gasteiger charge is 2.15. The molecule has 1 aromatic heterocycles. The summed E-state index contributed by atoms with van der Waals surface area (Å²) in [5.74, 6) is 0.524. The van der Waals surface area contributed by atoms with Gasteiger partial charge in [0.1, 0.15) is 17.1 Å². The maximum atomic E-state index is 11.5. The minimum Gasteiger partial charge on any atom is -0.497 e. The summed E-state index contributed by atoms with van der Waals surface area (Å²) < 4.78 is 11.4. The van der Waals surface area contributed by atoms with Crippen LogP contribution in [-0.4, -0.2) is 41.0 Å². The molecule has 0 saturated heterocycles. The summed E-state index contributed by atoms with van der Waals surface area (Å²) in [6, 6.07) is 3.33. The number of alkyl halides is 1. The summed E-state index contributed by atoms with van der Waals surface area (Å²) in [4.78, 5) is 11.5. The molecule has 0 radical (unpaired) electrons. The molecule has 2 rings (SSSR count). The third-order valence-electron chi connectivity index (χ3n) is 2.30. The molecule has 0 spiro atoms. The topological polar surface area (TPSA) is 66.2 Å². The second-order valence-electron chi connectivity index (χ2n) is 3.23. The monoisotopic (exact) mass is 255 g/mol. The Labute approximate surface area is 102 Å². The van der Waals surface area contributed by atoms with Gasteiger partial charge in [-0.3, -0.25) is 4.79 Å². The first-order valence-corrected chi connectivity index (χ1v) is 5.31. The Balaban J connectivity index is 2.70. The van der Waals surface area contributed by atoms with Gasteiger partial charge in [0.05, 0.1) is 14.2 Å². The lowest BCUT2D eigenvalue weighted by molar-refractivity contribution is 0.0928. The fourth-order valence-electron chi connectivity index (χ4n) is 1.48. The summed E-state index contributed by atoms with van der Waals surface area (Å²) in [5.41, 5.74) is 0.999. The molecule has 0 unspecified atom stereocenters. The molecule has 90 valence electrons. The Morgan fingerprint density at radius 2 is 2.18 bits per heavy atom. The molecular weight excluding hydrogens is 246 g/mol. The number of ether oxygens (including phenoxy) is 2. The van der Waals surface area contributed by atoms with Gasteiger partial charge in [-0.2, -0.15) is 4.68 Å². The predicted octanol–water partition coefficient (Wildman–Crippen LogP) is 1.33. The van der Waals surface area contributed by atoms with Crippen LogP contribution in [0, 0.1) is 0 Å². The van der Waals surface area contributed by atoms with Gasteiger partial charge in [0, 0.05) is 12.1 Å². The Morgan fingerprint density at radius 3 is 2.76 bits per heavy atom. The lowest BCUT2D eigenvalue weighted by Gasteiger charge is -2.05. The van der Waals surface area contributed by atoms with E-state index in [9.17, 15) is 4.79 Å². The van der Waals surface area contributed by atoms with Crippen molar-refractivity contribution in [2.75, 3.05) is 20.1 Å². The number of carbonyl (C=O) groups is 1. The molecule has 0 atom stereocenters. The van der Waals surface area contributed by atoms with Crippen molar-refractivity contribution in [2.24, 2.45) is 0 Å². The van der Waals surface area contributed by atoms with E-state index in [1.807, 2.05) is 0 Å². The summed E-state index contributed by atoms with van der Waals surface area (Å²) >= 11 is 5.49. The van der Waals surface area contributed by atoms with Crippen molar-refractivity contribution < 1.29 is 14.3 Å². The molecule has 0 amide bonds. The van der Waals surface area contributed by atoms with Gasteiger partial charge in [0.15, 0.2) is 11.3 Å². The standard InChI is InChI=1S/C10H10ClN3O3/c1-16-6-3-7-10(8(4-6)17-2)12-13-14(7)9(15)5-11/h3-4H,5H2,1-2H3. The average molecular weight is 256 g/mol. The summed E-state index contributed by atoms with van der Waals surface area (Å²) in [5, 5.41) is 7.63. The highest BCUT2D eigenvalue weighted by Crippen LogP contribution is 2.29. The van der Waals surface area contributed by atoms with E-state index in [4.69, 9.17) is 21.1 Å². The number of carbonyl (C=O) groups excluding carboxylic acids is 1. The van der Waals surface area contributed by atoms with Crippen LogP contribution in [0.3, 0.4) is 0 Å². The number of rotatable bonds is 3. The number of benzene rings is 1. The lowest BCUT2D eigenvalue weighted by Crippen LogP contribution is -2.13.